The fraction of sp³-hybridized carbons (Fsp3) is 0.286. The Kier molecular flexibility index (Phi) is 5.93. The molecule has 2 aromatic carbocycles. The van der Waals surface area contributed by atoms with Gasteiger partial charge < -0.3 is 19.1 Å². The quantitative estimate of drug-likeness (QED) is 0.540. The first-order chi connectivity index (χ1) is 13.5. The Morgan fingerprint density at radius 1 is 1.04 bits per heavy atom. The molecule has 1 atom stereocenters. The smallest absolute Gasteiger partial charge is 0.311 e. The SMILES string of the molecule is COc1ccc(C(=O)COC(=O)[C@H]2CC(=O)N(c3ccccc3OC)C2)cc1. The van der Waals surface area contributed by atoms with Gasteiger partial charge in [-0.2, -0.15) is 0 Å². The van der Waals surface area contributed by atoms with Crippen molar-refractivity contribution in [3.8, 4) is 11.5 Å². The first kappa shape index (κ1) is 19.4. The maximum Gasteiger partial charge on any atom is 0.311 e. The second-order valence-corrected chi connectivity index (χ2v) is 6.34. The number of esters is 1. The summed E-state index contributed by atoms with van der Waals surface area (Å²) in [5.41, 5.74) is 1.03. The first-order valence-corrected chi connectivity index (χ1v) is 8.80. The Bertz CT molecular complexity index is 877. The molecule has 28 heavy (non-hydrogen) atoms. The van der Waals surface area contributed by atoms with Gasteiger partial charge in [0.2, 0.25) is 5.91 Å². The van der Waals surface area contributed by atoms with E-state index in [4.69, 9.17) is 14.2 Å². The van der Waals surface area contributed by atoms with E-state index in [0.29, 0.717) is 22.7 Å². The lowest BCUT2D eigenvalue weighted by Crippen LogP contribution is -2.27. The molecule has 1 aliphatic rings. The van der Waals surface area contributed by atoms with Crippen LogP contribution in [0, 0.1) is 5.92 Å². The van der Waals surface area contributed by atoms with Gasteiger partial charge in [0.25, 0.3) is 0 Å². The maximum atomic E-state index is 12.4. The number of Topliss-reactive ketones (excluding diaryl/α,β-unsaturated/α-hetero) is 1. The van der Waals surface area contributed by atoms with E-state index in [2.05, 4.69) is 0 Å². The Labute approximate surface area is 162 Å². The lowest BCUT2D eigenvalue weighted by Gasteiger charge is -2.19. The summed E-state index contributed by atoms with van der Waals surface area (Å²) in [6.07, 6.45) is 0.0353. The molecule has 1 amide bonds. The van der Waals surface area contributed by atoms with Crippen LogP contribution in [0.4, 0.5) is 5.69 Å². The summed E-state index contributed by atoms with van der Waals surface area (Å²) in [5, 5.41) is 0. The lowest BCUT2D eigenvalue weighted by atomic mass is 10.1. The number of ketones is 1. The highest BCUT2D eigenvalue weighted by atomic mass is 16.5. The molecule has 146 valence electrons. The fourth-order valence-corrected chi connectivity index (χ4v) is 3.07. The zero-order chi connectivity index (χ0) is 20.1. The molecule has 7 nitrogen and oxygen atoms in total. The molecular weight excluding hydrogens is 362 g/mol. The molecule has 0 aromatic heterocycles. The highest BCUT2D eigenvalue weighted by Crippen LogP contribution is 2.33. The summed E-state index contributed by atoms with van der Waals surface area (Å²) in [6, 6.07) is 13.7. The Morgan fingerprint density at radius 2 is 1.75 bits per heavy atom. The van der Waals surface area contributed by atoms with Gasteiger partial charge >= 0.3 is 5.97 Å². The maximum absolute atomic E-state index is 12.4. The Balaban J connectivity index is 1.59. The number of ether oxygens (including phenoxy) is 3. The predicted molar refractivity (Wildman–Crippen MR) is 102 cm³/mol. The van der Waals surface area contributed by atoms with Crippen LogP contribution in [-0.2, 0) is 14.3 Å². The molecule has 7 heteroatoms. The number of hydrogen-bond acceptors (Lipinski definition) is 6. The molecule has 3 rings (SSSR count). The van der Waals surface area contributed by atoms with Crippen LogP contribution in [0.15, 0.2) is 48.5 Å². The van der Waals surface area contributed by atoms with Crippen LogP contribution in [0.5, 0.6) is 11.5 Å². The topological polar surface area (TPSA) is 82.1 Å². The van der Waals surface area contributed by atoms with Crippen molar-refractivity contribution in [2.24, 2.45) is 5.92 Å². The van der Waals surface area contributed by atoms with Gasteiger partial charge in [-0.15, -0.1) is 0 Å². The minimum Gasteiger partial charge on any atom is -0.497 e. The largest absolute Gasteiger partial charge is 0.497 e. The van der Waals surface area contributed by atoms with Crippen molar-refractivity contribution in [3.63, 3.8) is 0 Å². The summed E-state index contributed by atoms with van der Waals surface area (Å²) in [7, 11) is 3.06. The van der Waals surface area contributed by atoms with Crippen LogP contribution in [0.1, 0.15) is 16.8 Å². The number of benzene rings is 2. The van der Waals surface area contributed by atoms with Crippen molar-refractivity contribution in [2.75, 3.05) is 32.3 Å². The summed E-state index contributed by atoms with van der Waals surface area (Å²) in [5.74, 6) is -0.502. The van der Waals surface area contributed by atoms with Crippen LogP contribution in [-0.4, -0.2) is 45.0 Å². The van der Waals surface area contributed by atoms with Crippen molar-refractivity contribution in [1.82, 2.24) is 0 Å². The van der Waals surface area contributed by atoms with Crippen LogP contribution in [0.2, 0.25) is 0 Å². The molecule has 1 heterocycles. The van der Waals surface area contributed by atoms with E-state index in [1.54, 1.807) is 48.5 Å². The number of nitrogens with zero attached hydrogens (tertiary/aromatic N) is 1. The molecule has 2 aromatic rings. The van der Waals surface area contributed by atoms with Crippen molar-refractivity contribution in [1.29, 1.82) is 0 Å². The van der Waals surface area contributed by atoms with Crippen molar-refractivity contribution in [3.05, 3.63) is 54.1 Å². The van der Waals surface area contributed by atoms with Crippen LogP contribution < -0.4 is 14.4 Å². The number of anilines is 1. The van der Waals surface area contributed by atoms with Gasteiger partial charge in [-0.05, 0) is 36.4 Å². The summed E-state index contributed by atoms with van der Waals surface area (Å²) < 4.78 is 15.5. The summed E-state index contributed by atoms with van der Waals surface area (Å²) in [4.78, 5) is 38.4. The zero-order valence-corrected chi connectivity index (χ0v) is 15.7. The Hall–Kier alpha value is -3.35. The number of carbonyl (C=O) groups is 3. The van der Waals surface area contributed by atoms with E-state index in [1.165, 1.54) is 19.1 Å². The minimum absolute atomic E-state index is 0.0353. The van der Waals surface area contributed by atoms with E-state index in [-0.39, 0.29) is 31.3 Å². The van der Waals surface area contributed by atoms with E-state index in [0.717, 1.165) is 0 Å². The molecule has 0 N–H and O–H groups in total. The highest BCUT2D eigenvalue weighted by Gasteiger charge is 2.37. The average molecular weight is 383 g/mol. The standard InChI is InChI=1S/C21H21NO6/c1-26-16-9-7-14(8-10-16)18(23)13-28-21(25)15-11-20(24)22(12-15)17-5-3-4-6-19(17)27-2/h3-10,15H,11-13H2,1-2H3/t15-/m0/s1. The van der Waals surface area contributed by atoms with E-state index >= 15 is 0 Å². The lowest BCUT2D eigenvalue weighted by molar-refractivity contribution is -0.147. The number of carbonyl (C=O) groups excluding carboxylic acids is 3. The first-order valence-electron chi connectivity index (χ1n) is 8.80. The molecule has 1 aliphatic heterocycles. The predicted octanol–water partition coefficient (Wildman–Crippen LogP) is 2.48. The van der Waals surface area contributed by atoms with E-state index in [1.807, 2.05) is 0 Å². The normalized spacial score (nSPS) is 16.0. The van der Waals surface area contributed by atoms with Gasteiger partial charge in [0.1, 0.15) is 11.5 Å². The number of hydrogen-bond donors (Lipinski definition) is 0. The zero-order valence-electron chi connectivity index (χ0n) is 15.7. The molecule has 0 radical (unpaired) electrons. The molecule has 0 saturated carbocycles. The molecule has 0 aliphatic carbocycles. The molecular formula is C21H21NO6. The summed E-state index contributed by atoms with van der Waals surface area (Å²) in [6.45, 7) is -0.181. The monoisotopic (exact) mass is 383 g/mol. The van der Waals surface area contributed by atoms with Gasteiger partial charge in [-0.3, -0.25) is 14.4 Å². The van der Waals surface area contributed by atoms with Gasteiger partial charge in [-0.25, -0.2) is 0 Å². The number of para-hydroxylation sites is 2. The molecule has 0 bridgehead atoms. The van der Waals surface area contributed by atoms with Gasteiger partial charge in [0.05, 0.1) is 25.8 Å². The van der Waals surface area contributed by atoms with Gasteiger partial charge in [0, 0.05) is 18.5 Å². The number of methoxy groups -OCH3 is 2. The van der Waals surface area contributed by atoms with Crippen LogP contribution >= 0.6 is 0 Å². The Morgan fingerprint density at radius 3 is 2.43 bits per heavy atom. The van der Waals surface area contributed by atoms with E-state index in [9.17, 15) is 14.4 Å². The molecule has 1 fully saturated rings. The second kappa shape index (κ2) is 8.56. The second-order valence-electron chi connectivity index (χ2n) is 6.34. The van der Waals surface area contributed by atoms with E-state index < -0.39 is 11.9 Å². The minimum atomic E-state index is -0.624. The summed E-state index contributed by atoms with van der Waals surface area (Å²) >= 11 is 0. The molecule has 1 saturated heterocycles. The fourth-order valence-electron chi connectivity index (χ4n) is 3.07. The third kappa shape index (κ3) is 4.14. The van der Waals surface area contributed by atoms with Gasteiger partial charge in [-0.1, -0.05) is 12.1 Å². The number of amides is 1. The highest BCUT2D eigenvalue weighted by molar-refractivity contribution is 6.01. The van der Waals surface area contributed by atoms with Crippen molar-refractivity contribution in [2.45, 2.75) is 6.42 Å². The average Bonchev–Trinajstić information content (AvgIpc) is 3.13. The van der Waals surface area contributed by atoms with Crippen molar-refractivity contribution >= 4 is 23.3 Å². The third-order valence-electron chi connectivity index (χ3n) is 4.59. The molecule has 0 spiro atoms. The van der Waals surface area contributed by atoms with Crippen LogP contribution in [0.25, 0.3) is 0 Å². The number of rotatable bonds is 7. The van der Waals surface area contributed by atoms with Gasteiger partial charge in [0.15, 0.2) is 12.4 Å². The van der Waals surface area contributed by atoms with Crippen LogP contribution in [0.3, 0.4) is 0 Å². The molecule has 0 unspecified atom stereocenters. The van der Waals surface area contributed by atoms with Crippen molar-refractivity contribution < 1.29 is 28.6 Å². The third-order valence-corrected chi connectivity index (χ3v) is 4.59.